The standard InChI is InChI=1S/C15H28N2O2.C2H7N/c1-15(2,3)19-14(18)17-10-6-13(7-11-17)12-4-8-16-9-5-12;1-2-3/h12-13,16H,4-11H2,1-3H3;2-3H2,1H3. The van der Waals surface area contributed by atoms with Gasteiger partial charge in [0.05, 0.1) is 0 Å². The Morgan fingerprint density at radius 1 is 1.14 bits per heavy atom. The lowest BCUT2D eigenvalue weighted by atomic mass is 9.79. The normalized spacial score (nSPS) is 21.0. The maximum absolute atomic E-state index is 12.0. The van der Waals surface area contributed by atoms with Crippen LogP contribution in [0.1, 0.15) is 53.4 Å². The van der Waals surface area contributed by atoms with Crippen LogP contribution in [-0.2, 0) is 4.74 Å². The second kappa shape index (κ2) is 9.36. The minimum Gasteiger partial charge on any atom is -0.444 e. The molecule has 22 heavy (non-hydrogen) atoms. The number of nitrogens with two attached hydrogens (primary N) is 1. The second-order valence-corrected chi connectivity index (χ2v) is 7.30. The summed E-state index contributed by atoms with van der Waals surface area (Å²) >= 11 is 0. The second-order valence-electron chi connectivity index (χ2n) is 7.30. The van der Waals surface area contributed by atoms with E-state index in [1.807, 2.05) is 32.6 Å². The monoisotopic (exact) mass is 313 g/mol. The van der Waals surface area contributed by atoms with E-state index in [1.54, 1.807) is 0 Å². The van der Waals surface area contributed by atoms with Crippen molar-refractivity contribution >= 4 is 6.09 Å². The largest absolute Gasteiger partial charge is 0.444 e. The van der Waals surface area contributed by atoms with Crippen LogP contribution in [0.5, 0.6) is 0 Å². The fourth-order valence-electron chi connectivity index (χ4n) is 3.20. The van der Waals surface area contributed by atoms with Gasteiger partial charge in [0.1, 0.15) is 5.60 Å². The molecular formula is C17H35N3O2. The first-order valence-electron chi connectivity index (χ1n) is 8.76. The number of nitrogens with one attached hydrogen (secondary N) is 1. The van der Waals surface area contributed by atoms with Gasteiger partial charge >= 0.3 is 6.09 Å². The summed E-state index contributed by atoms with van der Waals surface area (Å²) in [4.78, 5) is 13.9. The summed E-state index contributed by atoms with van der Waals surface area (Å²) in [5.41, 5.74) is 4.46. The highest BCUT2D eigenvalue weighted by molar-refractivity contribution is 5.68. The number of carbonyl (C=O) groups is 1. The average Bonchev–Trinajstić information content (AvgIpc) is 2.47. The Balaban J connectivity index is 0.000000745. The molecule has 130 valence electrons. The van der Waals surface area contributed by atoms with Crippen molar-refractivity contribution in [3.05, 3.63) is 0 Å². The van der Waals surface area contributed by atoms with E-state index in [0.717, 1.165) is 57.4 Å². The minimum atomic E-state index is -0.386. The zero-order valence-corrected chi connectivity index (χ0v) is 14.9. The van der Waals surface area contributed by atoms with E-state index < -0.39 is 0 Å². The molecule has 0 spiro atoms. The molecule has 0 radical (unpaired) electrons. The fourth-order valence-corrected chi connectivity index (χ4v) is 3.20. The molecule has 0 bridgehead atoms. The molecule has 2 rings (SSSR count). The summed E-state index contributed by atoms with van der Waals surface area (Å²) in [5, 5.41) is 3.42. The first-order chi connectivity index (χ1) is 10.4. The van der Waals surface area contributed by atoms with E-state index in [9.17, 15) is 4.79 Å². The molecule has 0 unspecified atom stereocenters. The number of hydrogen-bond donors (Lipinski definition) is 2. The van der Waals surface area contributed by atoms with Gasteiger partial charge < -0.3 is 20.7 Å². The van der Waals surface area contributed by atoms with Crippen molar-refractivity contribution in [2.75, 3.05) is 32.7 Å². The molecule has 1 amide bonds. The van der Waals surface area contributed by atoms with Gasteiger partial charge in [0.15, 0.2) is 0 Å². The van der Waals surface area contributed by atoms with Crippen LogP contribution < -0.4 is 11.1 Å². The third-order valence-electron chi connectivity index (χ3n) is 4.24. The van der Waals surface area contributed by atoms with Crippen molar-refractivity contribution in [2.24, 2.45) is 17.6 Å². The molecule has 5 nitrogen and oxygen atoms in total. The first kappa shape index (κ1) is 19.2. The van der Waals surface area contributed by atoms with E-state index in [-0.39, 0.29) is 11.7 Å². The van der Waals surface area contributed by atoms with Gasteiger partial charge in [-0.1, -0.05) is 6.92 Å². The minimum absolute atomic E-state index is 0.142. The smallest absolute Gasteiger partial charge is 0.410 e. The number of likely N-dealkylation sites (tertiary alicyclic amines) is 1. The molecule has 0 aromatic rings. The molecule has 0 atom stereocenters. The summed E-state index contributed by atoms with van der Waals surface area (Å²) in [6.07, 6.45) is 4.75. The van der Waals surface area contributed by atoms with Crippen LogP contribution in [0, 0.1) is 11.8 Å². The molecule has 2 fully saturated rings. The number of carbonyl (C=O) groups excluding carboxylic acids is 1. The topological polar surface area (TPSA) is 67.6 Å². The Morgan fingerprint density at radius 2 is 1.59 bits per heavy atom. The summed E-state index contributed by atoms with van der Waals surface area (Å²) < 4.78 is 5.43. The number of amides is 1. The molecule has 2 aliphatic rings. The number of piperidine rings is 2. The van der Waals surface area contributed by atoms with Gasteiger partial charge in [0.25, 0.3) is 0 Å². The molecule has 5 heteroatoms. The predicted octanol–water partition coefficient (Wildman–Crippen LogP) is 2.60. The quantitative estimate of drug-likeness (QED) is 0.781. The Labute approximate surface area is 135 Å². The molecule has 3 N–H and O–H groups in total. The van der Waals surface area contributed by atoms with Gasteiger partial charge in [-0.2, -0.15) is 0 Å². The van der Waals surface area contributed by atoms with E-state index in [4.69, 9.17) is 10.5 Å². The highest BCUT2D eigenvalue weighted by Gasteiger charge is 2.30. The average molecular weight is 313 g/mol. The zero-order chi connectivity index (χ0) is 16.6. The highest BCUT2D eigenvalue weighted by Crippen LogP contribution is 2.31. The van der Waals surface area contributed by atoms with Crippen LogP contribution in [-0.4, -0.2) is 49.3 Å². The third kappa shape index (κ3) is 6.97. The number of hydrogen-bond acceptors (Lipinski definition) is 4. The Hall–Kier alpha value is -0.810. The highest BCUT2D eigenvalue weighted by atomic mass is 16.6. The van der Waals surface area contributed by atoms with Crippen molar-refractivity contribution in [1.82, 2.24) is 10.2 Å². The summed E-state index contributed by atoms with van der Waals surface area (Å²) in [5.74, 6) is 1.67. The van der Waals surface area contributed by atoms with E-state index in [0.29, 0.717) is 0 Å². The van der Waals surface area contributed by atoms with Gasteiger partial charge in [0.2, 0.25) is 0 Å². The molecule has 0 saturated carbocycles. The Bertz CT molecular complexity index is 314. The zero-order valence-electron chi connectivity index (χ0n) is 14.9. The van der Waals surface area contributed by atoms with Crippen molar-refractivity contribution in [3.8, 4) is 0 Å². The summed E-state index contributed by atoms with van der Waals surface area (Å²) in [6, 6.07) is 0. The van der Waals surface area contributed by atoms with E-state index in [1.165, 1.54) is 12.8 Å². The number of ether oxygens (including phenoxy) is 1. The Morgan fingerprint density at radius 3 is 2.05 bits per heavy atom. The Kier molecular flexibility index (Phi) is 8.18. The molecular weight excluding hydrogens is 278 g/mol. The molecule has 2 aliphatic heterocycles. The number of nitrogens with zero attached hydrogens (tertiary/aromatic N) is 1. The van der Waals surface area contributed by atoms with Gasteiger partial charge in [0, 0.05) is 13.1 Å². The van der Waals surface area contributed by atoms with E-state index in [2.05, 4.69) is 5.32 Å². The van der Waals surface area contributed by atoms with Crippen LogP contribution in [0.3, 0.4) is 0 Å². The number of rotatable bonds is 1. The maximum atomic E-state index is 12.0. The summed E-state index contributed by atoms with van der Waals surface area (Å²) in [6.45, 7) is 12.5. The maximum Gasteiger partial charge on any atom is 0.410 e. The third-order valence-corrected chi connectivity index (χ3v) is 4.24. The molecule has 0 aliphatic carbocycles. The van der Waals surface area contributed by atoms with Crippen molar-refractivity contribution < 1.29 is 9.53 Å². The van der Waals surface area contributed by atoms with Crippen LogP contribution in [0.4, 0.5) is 4.79 Å². The molecule has 2 saturated heterocycles. The fraction of sp³-hybridized carbons (Fsp3) is 0.941. The van der Waals surface area contributed by atoms with Gasteiger partial charge in [-0.25, -0.2) is 4.79 Å². The lowest BCUT2D eigenvalue weighted by Crippen LogP contribution is -2.44. The van der Waals surface area contributed by atoms with Crippen molar-refractivity contribution in [3.63, 3.8) is 0 Å². The summed E-state index contributed by atoms with van der Waals surface area (Å²) in [7, 11) is 0. The lowest BCUT2D eigenvalue weighted by molar-refractivity contribution is 0.0150. The van der Waals surface area contributed by atoms with Crippen LogP contribution >= 0.6 is 0 Å². The van der Waals surface area contributed by atoms with Crippen LogP contribution in [0.2, 0.25) is 0 Å². The SMILES string of the molecule is CC(C)(C)OC(=O)N1CCC(C2CCNCC2)CC1.CCN. The predicted molar refractivity (Wildman–Crippen MR) is 90.9 cm³/mol. The van der Waals surface area contributed by atoms with Gasteiger partial charge in [-0.05, 0) is 77.9 Å². The van der Waals surface area contributed by atoms with E-state index >= 15 is 0 Å². The first-order valence-corrected chi connectivity index (χ1v) is 8.76. The molecule has 0 aromatic carbocycles. The van der Waals surface area contributed by atoms with Gasteiger partial charge in [-0.15, -0.1) is 0 Å². The van der Waals surface area contributed by atoms with Crippen molar-refractivity contribution in [2.45, 2.75) is 59.0 Å². The van der Waals surface area contributed by atoms with Crippen LogP contribution in [0.15, 0.2) is 0 Å². The molecule has 2 heterocycles. The van der Waals surface area contributed by atoms with Crippen molar-refractivity contribution in [1.29, 1.82) is 0 Å². The molecule has 0 aromatic heterocycles. The van der Waals surface area contributed by atoms with Crippen LogP contribution in [0.25, 0.3) is 0 Å². The van der Waals surface area contributed by atoms with Gasteiger partial charge in [-0.3, -0.25) is 0 Å². The lowest BCUT2D eigenvalue weighted by Gasteiger charge is -2.38.